The number of carbonyl (C=O) groups is 1. The van der Waals surface area contributed by atoms with Gasteiger partial charge in [-0.2, -0.15) is 0 Å². The fourth-order valence-electron chi connectivity index (χ4n) is 3.62. The topological polar surface area (TPSA) is 68.8 Å². The van der Waals surface area contributed by atoms with Crippen LogP contribution in [0.3, 0.4) is 0 Å². The number of methoxy groups -OCH3 is 2. The molecule has 1 aliphatic heterocycles. The van der Waals surface area contributed by atoms with Gasteiger partial charge in [-0.25, -0.2) is 4.79 Å². The van der Waals surface area contributed by atoms with Crippen LogP contribution in [0, 0.1) is 0 Å². The molecule has 0 bridgehead atoms. The van der Waals surface area contributed by atoms with Crippen LogP contribution in [0.25, 0.3) is 0 Å². The zero-order chi connectivity index (χ0) is 19.8. The molecule has 28 heavy (non-hydrogen) atoms. The minimum absolute atomic E-state index is 0.184. The molecule has 1 aliphatic rings. The summed E-state index contributed by atoms with van der Waals surface area (Å²) in [6, 6.07) is 15.5. The number of nitrogens with one attached hydrogen (secondary N) is 2. The summed E-state index contributed by atoms with van der Waals surface area (Å²) in [7, 11) is 3.31. The van der Waals surface area contributed by atoms with Gasteiger partial charge in [-0.15, -0.1) is 0 Å². The van der Waals surface area contributed by atoms with Crippen LogP contribution in [0.15, 0.2) is 48.5 Å². The van der Waals surface area contributed by atoms with Crippen LogP contribution in [-0.4, -0.2) is 40.0 Å². The first-order valence-electron chi connectivity index (χ1n) is 9.53. The van der Waals surface area contributed by atoms with E-state index in [1.54, 1.807) is 14.2 Å². The van der Waals surface area contributed by atoms with Crippen LogP contribution >= 0.6 is 0 Å². The molecule has 0 aliphatic carbocycles. The molecule has 150 valence electrons. The van der Waals surface area contributed by atoms with Crippen molar-refractivity contribution in [2.24, 2.45) is 0 Å². The van der Waals surface area contributed by atoms with E-state index in [-0.39, 0.29) is 11.4 Å². The van der Waals surface area contributed by atoms with Crippen molar-refractivity contribution in [3.8, 4) is 11.5 Å². The third kappa shape index (κ3) is 4.75. The molecule has 3 rings (SSSR count). The number of hydrogen-bond donors (Lipinski definition) is 2. The first-order chi connectivity index (χ1) is 13.7. The van der Waals surface area contributed by atoms with Crippen LogP contribution in [-0.2, 0) is 16.7 Å². The second-order valence-electron chi connectivity index (χ2n) is 6.98. The van der Waals surface area contributed by atoms with E-state index in [0.717, 1.165) is 35.5 Å². The quantitative estimate of drug-likeness (QED) is 0.769. The monoisotopic (exact) mass is 384 g/mol. The summed E-state index contributed by atoms with van der Waals surface area (Å²) in [6.45, 7) is 2.34. The van der Waals surface area contributed by atoms with Crippen molar-refractivity contribution in [1.29, 1.82) is 0 Å². The summed E-state index contributed by atoms with van der Waals surface area (Å²) in [5.41, 5.74) is 1.94. The Morgan fingerprint density at radius 3 is 2.39 bits per heavy atom. The Hall–Kier alpha value is -2.73. The van der Waals surface area contributed by atoms with E-state index in [4.69, 9.17) is 14.2 Å². The molecule has 0 radical (unpaired) electrons. The molecule has 0 saturated carbocycles. The highest BCUT2D eigenvalue weighted by Crippen LogP contribution is 2.39. The molecular weight excluding hydrogens is 356 g/mol. The molecule has 0 unspecified atom stereocenters. The van der Waals surface area contributed by atoms with Gasteiger partial charge >= 0.3 is 6.03 Å². The Bertz CT molecular complexity index is 770. The Labute approximate surface area is 166 Å². The van der Waals surface area contributed by atoms with Crippen molar-refractivity contribution in [2.45, 2.75) is 24.8 Å². The number of amides is 2. The number of hydrogen-bond acceptors (Lipinski definition) is 4. The summed E-state index contributed by atoms with van der Waals surface area (Å²) in [4.78, 5) is 12.4. The van der Waals surface area contributed by atoms with Crippen LogP contribution in [0.1, 0.15) is 24.0 Å². The molecule has 0 atom stereocenters. The minimum atomic E-state index is -0.192. The van der Waals surface area contributed by atoms with Crippen molar-refractivity contribution >= 4 is 6.03 Å². The molecule has 2 aromatic carbocycles. The van der Waals surface area contributed by atoms with Gasteiger partial charge in [0.05, 0.1) is 14.2 Å². The maximum absolute atomic E-state index is 12.4. The van der Waals surface area contributed by atoms with Crippen molar-refractivity contribution in [1.82, 2.24) is 10.6 Å². The zero-order valence-electron chi connectivity index (χ0n) is 16.5. The number of benzene rings is 2. The minimum Gasteiger partial charge on any atom is -0.497 e. The van der Waals surface area contributed by atoms with Gasteiger partial charge < -0.3 is 24.8 Å². The molecule has 1 saturated heterocycles. The maximum atomic E-state index is 12.4. The fraction of sp³-hybridized carbons (Fsp3) is 0.409. The average Bonchev–Trinajstić information content (AvgIpc) is 2.77. The van der Waals surface area contributed by atoms with E-state index in [0.29, 0.717) is 26.3 Å². The van der Waals surface area contributed by atoms with Gasteiger partial charge in [-0.05, 0) is 36.6 Å². The van der Waals surface area contributed by atoms with E-state index in [2.05, 4.69) is 16.7 Å². The van der Waals surface area contributed by atoms with Crippen LogP contribution in [0.5, 0.6) is 11.5 Å². The van der Waals surface area contributed by atoms with Gasteiger partial charge in [0.15, 0.2) is 0 Å². The van der Waals surface area contributed by atoms with Crippen molar-refractivity contribution < 1.29 is 19.0 Å². The third-order valence-corrected chi connectivity index (χ3v) is 5.33. The van der Waals surface area contributed by atoms with Crippen molar-refractivity contribution in [3.05, 3.63) is 59.7 Å². The van der Waals surface area contributed by atoms with Crippen LogP contribution in [0.4, 0.5) is 4.79 Å². The second-order valence-corrected chi connectivity index (χ2v) is 6.98. The van der Waals surface area contributed by atoms with E-state index >= 15 is 0 Å². The molecule has 2 N–H and O–H groups in total. The molecular formula is C22H28N2O4. The molecule has 1 heterocycles. The maximum Gasteiger partial charge on any atom is 0.315 e. The highest BCUT2D eigenvalue weighted by Gasteiger charge is 2.37. The number of ether oxygens (including phenoxy) is 3. The van der Waals surface area contributed by atoms with Crippen molar-refractivity contribution in [3.63, 3.8) is 0 Å². The van der Waals surface area contributed by atoms with Gasteiger partial charge in [0.1, 0.15) is 11.5 Å². The fourth-order valence-corrected chi connectivity index (χ4v) is 3.62. The Morgan fingerprint density at radius 1 is 1.00 bits per heavy atom. The summed E-state index contributed by atoms with van der Waals surface area (Å²) in [5.74, 6) is 1.65. The first-order valence-corrected chi connectivity index (χ1v) is 9.53. The second kappa shape index (κ2) is 9.46. The van der Waals surface area contributed by atoms with Gasteiger partial charge in [0.25, 0.3) is 0 Å². The van der Waals surface area contributed by atoms with Gasteiger partial charge in [-0.1, -0.05) is 30.3 Å². The lowest BCUT2D eigenvalue weighted by Crippen LogP contribution is -2.47. The van der Waals surface area contributed by atoms with E-state index in [1.807, 2.05) is 42.5 Å². The van der Waals surface area contributed by atoms with Gasteiger partial charge in [0.2, 0.25) is 0 Å². The number of carbonyl (C=O) groups excluding carboxylic acids is 1. The highest BCUT2D eigenvalue weighted by molar-refractivity contribution is 5.74. The van der Waals surface area contributed by atoms with E-state index < -0.39 is 0 Å². The zero-order valence-corrected chi connectivity index (χ0v) is 16.5. The number of rotatable bonds is 7. The smallest absolute Gasteiger partial charge is 0.315 e. The molecule has 0 spiro atoms. The lowest BCUT2D eigenvalue weighted by atomic mass is 9.73. The predicted molar refractivity (Wildman–Crippen MR) is 108 cm³/mol. The summed E-state index contributed by atoms with van der Waals surface area (Å²) < 4.78 is 16.3. The van der Waals surface area contributed by atoms with Gasteiger partial charge in [0, 0.05) is 37.3 Å². The van der Waals surface area contributed by atoms with E-state index in [9.17, 15) is 4.79 Å². The summed E-state index contributed by atoms with van der Waals surface area (Å²) in [5, 5.41) is 5.97. The summed E-state index contributed by atoms with van der Waals surface area (Å²) in [6.07, 6.45) is 1.68. The van der Waals surface area contributed by atoms with Gasteiger partial charge in [-0.3, -0.25) is 0 Å². The van der Waals surface area contributed by atoms with Crippen molar-refractivity contribution in [2.75, 3.05) is 34.0 Å². The highest BCUT2D eigenvalue weighted by atomic mass is 16.5. The number of para-hydroxylation sites is 1. The van der Waals surface area contributed by atoms with Crippen LogP contribution < -0.4 is 20.1 Å². The molecule has 6 heteroatoms. The normalized spacial score (nSPS) is 15.5. The Morgan fingerprint density at radius 2 is 1.71 bits per heavy atom. The Balaban J connectivity index is 1.62. The lowest BCUT2D eigenvalue weighted by Gasteiger charge is -2.38. The molecule has 1 fully saturated rings. The Kier molecular flexibility index (Phi) is 6.76. The lowest BCUT2D eigenvalue weighted by molar-refractivity contribution is 0.0498. The molecule has 2 aromatic rings. The molecule has 6 nitrogen and oxygen atoms in total. The number of urea groups is 1. The average molecular weight is 384 g/mol. The molecule has 0 aromatic heterocycles. The third-order valence-electron chi connectivity index (χ3n) is 5.33. The predicted octanol–water partition coefficient (Wildman–Crippen LogP) is 3.25. The first kappa shape index (κ1) is 20.0. The summed E-state index contributed by atoms with van der Waals surface area (Å²) >= 11 is 0. The molecule has 2 amide bonds. The largest absolute Gasteiger partial charge is 0.497 e. The van der Waals surface area contributed by atoms with Crippen LogP contribution in [0.2, 0.25) is 0 Å². The SMILES string of the molecule is COc1ccc(CNC(=O)NCC2(c3ccccc3OC)CCOCC2)cc1. The van der Waals surface area contributed by atoms with E-state index in [1.165, 1.54) is 0 Å². The standard InChI is InChI=1S/C22H28N2O4/c1-26-18-9-7-17(8-10-18)15-23-21(25)24-16-22(11-13-28-14-12-22)19-5-3-4-6-20(19)27-2/h3-10H,11-16H2,1-2H3,(H2,23,24,25).